The molecule has 0 aromatic heterocycles. The first kappa shape index (κ1) is 12.9. The second-order valence-corrected chi connectivity index (χ2v) is 5.09. The zero-order valence-electron chi connectivity index (χ0n) is 10.3. The number of benzene rings is 1. The van der Waals surface area contributed by atoms with Gasteiger partial charge in [0.15, 0.2) is 0 Å². The quantitative estimate of drug-likeness (QED) is 0.806. The summed E-state index contributed by atoms with van der Waals surface area (Å²) in [5, 5.41) is 4.44. The van der Waals surface area contributed by atoms with Gasteiger partial charge in [-0.15, -0.1) is 0 Å². The SMILES string of the molecule is COCCC(CNC1CC1)c1ccccc1Cl. The van der Waals surface area contributed by atoms with Crippen LogP contribution in [0.15, 0.2) is 24.3 Å². The lowest BCUT2D eigenvalue weighted by Gasteiger charge is -2.19. The lowest BCUT2D eigenvalue weighted by molar-refractivity contribution is 0.187. The van der Waals surface area contributed by atoms with E-state index in [4.69, 9.17) is 16.3 Å². The maximum Gasteiger partial charge on any atom is 0.0468 e. The molecule has 3 heteroatoms. The molecule has 0 amide bonds. The summed E-state index contributed by atoms with van der Waals surface area (Å²) >= 11 is 6.26. The molecular weight excluding hydrogens is 234 g/mol. The van der Waals surface area contributed by atoms with Crippen LogP contribution in [-0.4, -0.2) is 26.3 Å². The van der Waals surface area contributed by atoms with Crippen LogP contribution in [0, 0.1) is 0 Å². The fraction of sp³-hybridized carbons (Fsp3) is 0.571. The van der Waals surface area contributed by atoms with E-state index in [0.717, 1.165) is 30.6 Å². The second-order valence-electron chi connectivity index (χ2n) is 4.68. The average Bonchev–Trinajstić information content (AvgIpc) is 3.15. The molecule has 94 valence electrons. The Morgan fingerprint density at radius 1 is 1.41 bits per heavy atom. The lowest BCUT2D eigenvalue weighted by Crippen LogP contribution is -2.24. The van der Waals surface area contributed by atoms with Crippen molar-refractivity contribution in [1.82, 2.24) is 5.32 Å². The molecule has 0 aliphatic heterocycles. The van der Waals surface area contributed by atoms with E-state index in [-0.39, 0.29) is 0 Å². The van der Waals surface area contributed by atoms with E-state index >= 15 is 0 Å². The molecule has 1 aliphatic rings. The van der Waals surface area contributed by atoms with Crippen LogP contribution < -0.4 is 5.32 Å². The number of hydrogen-bond donors (Lipinski definition) is 1. The highest BCUT2D eigenvalue weighted by atomic mass is 35.5. The van der Waals surface area contributed by atoms with Crippen molar-refractivity contribution in [2.75, 3.05) is 20.3 Å². The van der Waals surface area contributed by atoms with Gasteiger partial charge in [0.05, 0.1) is 0 Å². The van der Waals surface area contributed by atoms with E-state index in [0.29, 0.717) is 5.92 Å². The molecule has 0 spiro atoms. The van der Waals surface area contributed by atoms with Crippen molar-refractivity contribution in [3.8, 4) is 0 Å². The molecule has 1 aliphatic carbocycles. The van der Waals surface area contributed by atoms with Crippen LogP contribution >= 0.6 is 11.6 Å². The summed E-state index contributed by atoms with van der Waals surface area (Å²) in [5.41, 5.74) is 1.24. The van der Waals surface area contributed by atoms with E-state index in [1.54, 1.807) is 7.11 Å². The minimum absolute atomic E-state index is 0.448. The topological polar surface area (TPSA) is 21.3 Å². The first-order valence-corrected chi connectivity index (χ1v) is 6.66. The van der Waals surface area contributed by atoms with Crippen LogP contribution in [0.3, 0.4) is 0 Å². The maximum absolute atomic E-state index is 6.26. The van der Waals surface area contributed by atoms with Gasteiger partial charge in [0.1, 0.15) is 0 Å². The normalized spacial score (nSPS) is 17.1. The third-order valence-electron chi connectivity index (χ3n) is 3.25. The summed E-state index contributed by atoms with van der Waals surface area (Å²) < 4.78 is 5.19. The molecule has 1 unspecified atom stereocenters. The molecule has 0 saturated heterocycles. The van der Waals surface area contributed by atoms with Crippen molar-refractivity contribution in [2.45, 2.75) is 31.2 Å². The van der Waals surface area contributed by atoms with Gasteiger partial charge in [-0.05, 0) is 30.9 Å². The van der Waals surface area contributed by atoms with Crippen LogP contribution in [0.25, 0.3) is 0 Å². The van der Waals surface area contributed by atoms with Crippen molar-refractivity contribution in [3.05, 3.63) is 34.9 Å². The minimum atomic E-state index is 0.448. The minimum Gasteiger partial charge on any atom is -0.385 e. The third-order valence-corrected chi connectivity index (χ3v) is 3.59. The van der Waals surface area contributed by atoms with Crippen LogP contribution in [0.4, 0.5) is 0 Å². The number of nitrogens with one attached hydrogen (secondary N) is 1. The highest BCUT2D eigenvalue weighted by Gasteiger charge is 2.23. The Balaban J connectivity index is 1.99. The van der Waals surface area contributed by atoms with E-state index < -0.39 is 0 Å². The summed E-state index contributed by atoms with van der Waals surface area (Å²) in [7, 11) is 1.75. The summed E-state index contributed by atoms with van der Waals surface area (Å²) in [6, 6.07) is 8.86. The van der Waals surface area contributed by atoms with Gasteiger partial charge in [-0.3, -0.25) is 0 Å². The Bertz CT molecular complexity index is 352. The monoisotopic (exact) mass is 253 g/mol. The van der Waals surface area contributed by atoms with Gasteiger partial charge in [-0.1, -0.05) is 29.8 Å². The summed E-state index contributed by atoms with van der Waals surface area (Å²) in [5.74, 6) is 0.448. The van der Waals surface area contributed by atoms with Gasteiger partial charge in [-0.2, -0.15) is 0 Å². The molecular formula is C14H20ClNO. The molecule has 0 heterocycles. The van der Waals surface area contributed by atoms with Gasteiger partial charge in [0.2, 0.25) is 0 Å². The van der Waals surface area contributed by atoms with Gasteiger partial charge in [0.25, 0.3) is 0 Å². The predicted molar refractivity (Wildman–Crippen MR) is 71.7 cm³/mol. The molecule has 0 bridgehead atoms. The zero-order chi connectivity index (χ0) is 12.1. The van der Waals surface area contributed by atoms with Gasteiger partial charge in [-0.25, -0.2) is 0 Å². The summed E-state index contributed by atoms with van der Waals surface area (Å²) in [6.45, 7) is 1.78. The van der Waals surface area contributed by atoms with Crippen LogP contribution in [0.5, 0.6) is 0 Å². The fourth-order valence-corrected chi connectivity index (χ4v) is 2.32. The van der Waals surface area contributed by atoms with E-state index in [9.17, 15) is 0 Å². The van der Waals surface area contributed by atoms with E-state index in [1.165, 1.54) is 18.4 Å². The maximum atomic E-state index is 6.26. The van der Waals surface area contributed by atoms with Crippen LogP contribution in [0.2, 0.25) is 5.02 Å². The molecule has 1 saturated carbocycles. The molecule has 2 rings (SSSR count). The number of ether oxygens (including phenoxy) is 1. The summed E-state index contributed by atoms with van der Waals surface area (Å²) in [6.07, 6.45) is 3.65. The lowest BCUT2D eigenvalue weighted by atomic mass is 9.96. The van der Waals surface area contributed by atoms with E-state index in [2.05, 4.69) is 17.4 Å². The first-order valence-electron chi connectivity index (χ1n) is 6.28. The van der Waals surface area contributed by atoms with E-state index in [1.807, 2.05) is 12.1 Å². The standard InChI is InChI=1S/C14H20ClNO/c1-17-9-8-11(10-16-12-6-7-12)13-4-2-3-5-14(13)15/h2-5,11-12,16H,6-10H2,1H3. The van der Waals surface area contributed by atoms with Crippen molar-refractivity contribution >= 4 is 11.6 Å². The molecule has 1 aromatic rings. The Morgan fingerprint density at radius 3 is 2.82 bits per heavy atom. The van der Waals surface area contributed by atoms with Gasteiger partial charge < -0.3 is 10.1 Å². The first-order chi connectivity index (χ1) is 8.31. The fourth-order valence-electron chi connectivity index (χ4n) is 2.03. The number of rotatable bonds is 7. The number of halogens is 1. The average molecular weight is 254 g/mol. The molecule has 0 radical (unpaired) electrons. The highest BCUT2D eigenvalue weighted by Crippen LogP contribution is 2.28. The predicted octanol–water partition coefficient (Wildman–Crippen LogP) is 3.21. The van der Waals surface area contributed by atoms with Crippen LogP contribution in [-0.2, 0) is 4.74 Å². The Hall–Kier alpha value is -0.570. The molecule has 1 atom stereocenters. The van der Waals surface area contributed by atoms with Crippen LogP contribution in [0.1, 0.15) is 30.7 Å². The Labute approximate surface area is 108 Å². The summed E-state index contributed by atoms with van der Waals surface area (Å²) in [4.78, 5) is 0. The molecule has 2 nitrogen and oxygen atoms in total. The zero-order valence-corrected chi connectivity index (χ0v) is 11.0. The Kier molecular flexibility index (Phi) is 4.84. The Morgan fingerprint density at radius 2 is 2.18 bits per heavy atom. The van der Waals surface area contributed by atoms with Crippen molar-refractivity contribution in [1.29, 1.82) is 0 Å². The number of methoxy groups -OCH3 is 1. The van der Waals surface area contributed by atoms with Crippen molar-refractivity contribution < 1.29 is 4.74 Å². The second kappa shape index (κ2) is 6.39. The number of hydrogen-bond acceptors (Lipinski definition) is 2. The highest BCUT2D eigenvalue weighted by molar-refractivity contribution is 6.31. The van der Waals surface area contributed by atoms with Gasteiger partial charge in [0, 0.05) is 37.2 Å². The largest absolute Gasteiger partial charge is 0.385 e. The molecule has 1 aromatic carbocycles. The molecule has 1 N–H and O–H groups in total. The van der Waals surface area contributed by atoms with Crippen molar-refractivity contribution in [3.63, 3.8) is 0 Å². The molecule has 17 heavy (non-hydrogen) atoms. The molecule has 1 fully saturated rings. The van der Waals surface area contributed by atoms with Gasteiger partial charge >= 0.3 is 0 Å². The smallest absolute Gasteiger partial charge is 0.0468 e. The van der Waals surface area contributed by atoms with Crippen molar-refractivity contribution in [2.24, 2.45) is 0 Å². The third kappa shape index (κ3) is 3.98.